The fourth-order valence-corrected chi connectivity index (χ4v) is 5.87. The largest absolute Gasteiger partial charge is 0.379 e. The zero-order valence-corrected chi connectivity index (χ0v) is 19.8. The molecule has 1 N–H and O–H groups in total. The second kappa shape index (κ2) is 9.49. The Balaban J connectivity index is 1.55. The van der Waals surface area contributed by atoms with E-state index in [1.54, 1.807) is 23.1 Å². The molecule has 4 rings (SSSR count). The smallest absolute Gasteiger partial charge is 0.240 e. The van der Waals surface area contributed by atoms with Crippen LogP contribution in [-0.4, -0.2) is 58.1 Å². The number of benzene rings is 2. The Hall–Kier alpha value is -1.97. The van der Waals surface area contributed by atoms with Gasteiger partial charge in [-0.25, -0.2) is 13.1 Å². The number of anilines is 1. The zero-order chi connectivity index (χ0) is 22.9. The van der Waals surface area contributed by atoms with Crippen molar-refractivity contribution >= 4 is 33.2 Å². The van der Waals surface area contributed by atoms with E-state index in [2.05, 4.69) is 9.62 Å². The molecule has 2 atom stereocenters. The molecule has 0 spiro atoms. The first-order valence-electron chi connectivity index (χ1n) is 10.8. The van der Waals surface area contributed by atoms with Crippen LogP contribution >= 0.6 is 11.6 Å². The quantitative estimate of drug-likeness (QED) is 0.692. The van der Waals surface area contributed by atoms with Crippen molar-refractivity contribution in [2.75, 3.05) is 37.7 Å². The van der Waals surface area contributed by atoms with Crippen molar-refractivity contribution < 1.29 is 17.9 Å². The highest BCUT2D eigenvalue weighted by atomic mass is 35.5. The molecule has 0 saturated carbocycles. The van der Waals surface area contributed by atoms with Gasteiger partial charge >= 0.3 is 0 Å². The van der Waals surface area contributed by atoms with Gasteiger partial charge in [0.15, 0.2) is 0 Å². The van der Waals surface area contributed by atoms with Gasteiger partial charge in [0.25, 0.3) is 0 Å². The van der Waals surface area contributed by atoms with E-state index in [0.717, 1.165) is 29.9 Å². The van der Waals surface area contributed by atoms with Crippen LogP contribution in [0.15, 0.2) is 47.4 Å². The summed E-state index contributed by atoms with van der Waals surface area (Å²) in [4.78, 5) is 16.1. The minimum atomic E-state index is -3.73. The van der Waals surface area contributed by atoms with Crippen LogP contribution in [0.1, 0.15) is 31.0 Å². The van der Waals surface area contributed by atoms with Gasteiger partial charge in [-0.2, -0.15) is 0 Å². The summed E-state index contributed by atoms with van der Waals surface area (Å²) < 4.78 is 34.6. The first kappa shape index (κ1) is 23.2. The normalized spacial score (nSPS) is 20.2. The molecule has 1 fully saturated rings. The number of hydrogen-bond donors (Lipinski definition) is 1. The van der Waals surface area contributed by atoms with Crippen molar-refractivity contribution in [1.82, 2.24) is 9.62 Å². The van der Waals surface area contributed by atoms with Gasteiger partial charge in [0.05, 0.1) is 18.1 Å². The van der Waals surface area contributed by atoms with Crippen LogP contribution in [0.2, 0.25) is 5.02 Å². The van der Waals surface area contributed by atoms with Crippen molar-refractivity contribution in [2.24, 2.45) is 0 Å². The minimum absolute atomic E-state index is 0.0157. The van der Waals surface area contributed by atoms with Gasteiger partial charge in [0.2, 0.25) is 15.9 Å². The lowest BCUT2D eigenvalue weighted by atomic mass is 10.1. The van der Waals surface area contributed by atoms with Gasteiger partial charge in [0.1, 0.15) is 0 Å². The predicted molar refractivity (Wildman–Crippen MR) is 125 cm³/mol. The van der Waals surface area contributed by atoms with Crippen molar-refractivity contribution in [1.29, 1.82) is 0 Å². The molecule has 2 aliphatic rings. The first-order chi connectivity index (χ1) is 15.3. The summed E-state index contributed by atoms with van der Waals surface area (Å²) >= 11 is 6.20. The van der Waals surface area contributed by atoms with E-state index < -0.39 is 10.0 Å². The Morgan fingerprint density at radius 2 is 1.97 bits per heavy atom. The number of carbonyl (C=O) groups is 1. The third-order valence-corrected chi connectivity index (χ3v) is 7.76. The van der Waals surface area contributed by atoms with Crippen LogP contribution in [0, 0.1) is 0 Å². The number of carbonyl (C=O) groups excluding carboxylic acids is 1. The molecule has 2 aromatic carbocycles. The lowest BCUT2D eigenvalue weighted by Crippen LogP contribution is -2.43. The highest BCUT2D eigenvalue weighted by Gasteiger charge is 2.31. The molecule has 7 nitrogen and oxygen atoms in total. The molecular weight excluding hydrogens is 450 g/mol. The fraction of sp³-hybridized carbons (Fsp3) is 0.435. The number of nitrogens with zero attached hydrogens (tertiary/aromatic N) is 2. The van der Waals surface area contributed by atoms with E-state index in [1.807, 2.05) is 31.2 Å². The molecule has 0 aromatic heterocycles. The summed E-state index contributed by atoms with van der Waals surface area (Å²) in [5.74, 6) is -0.0418. The molecule has 32 heavy (non-hydrogen) atoms. The lowest BCUT2D eigenvalue weighted by Gasteiger charge is -2.35. The molecule has 0 aliphatic carbocycles. The highest BCUT2D eigenvalue weighted by Crippen LogP contribution is 2.34. The van der Waals surface area contributed by atoms with Crippen molar-refractivity contribution in [3.05, 3.63) is 58.6 Å². The topological polar surface area (TPSA) is 79.0 Å². The van der Waals surface area contributed by atoms with Crippen LogP contribution in [0.5, 0.6) is 0 Å². The number of rotatable bonds is 6. The summed E-state index contributed by atoms with van der Waals surface area (Å²) in [7, 11) is -3.73. The van der Waals surface area contributed by atoms with Gasteiger partial charge in [-0.05, 0) is 54.8 Å². The van der Waals surface area contributed by atoms with Gasteiger partial charge in [-0.1, -0.05) is 23.7 Å². The van der Waals surface area contributed by atoms with E-state index in [-0.39, 0.29) is 29.4 Å². The predicted octanol–water partition coefficient (Wildman–Crippen LogP) is 2.99. The SMILES string of the molecule is CC(=O)N1c2ccc(S(=O)(=O)NC[C@H](c3cccc(Cl)c3)N3CCOCC3)cc2C[C@@H]1C. The monoisotopic (exact) mass is 477 g/mol. The number of amides is 1. The van der Waals surface area contributed by atoms with Gasteiger partial charge < -0.3 is 9.64 Å². The van der Waals surface area contributed by atoms with Gasteiger partial charge in [0, 0.05) is 49.4 Å². The molecule has 0 unspecified atom stereocenters. The highest BCUT2D eigenvalue weighted by molar-refractivity contribution is 7.89. The van der Waals surface area contributed by atoms with Crippen LogP contribution in [0.3, 0.4) is 0 Å². The maximum Gasteiger partial charge on any atom is 0.240 e. The minimum Gasteiger partial charge on any atom is -0.379 e. The molecule has 1 amide bonds. The number of fused-ring (bicyclic) bond motifs is 1. The Kier molecular flexibility index (Phi) is 6.88. The summed E-state index contributed by atoms with van der Waals surface area (Å²) in [6.07, 6.45) is 0.636. The molecule has 172 valence electrons. The van der Waals surface area contributed by atoms with E-state index >= 15 is 0 Å². The summed E-state index contributed by atoms with van der Waals surface area (Å²) in [5, 5.41) is 0.617. The van der Waals surface area contributed by atoms with Crippen molar-refractivity contribution in [3.8, 4) is 0 Å². The second-order valence-electron chi connectivity index (χ2n) is 8.30. The van der Waals surface area contributed by atoms with Crippen LogP contribution < -0.4 is 9.62 Å². The first-order valence-corrected chi connectivity index (χ1v) is 12.6. The van der Waals surface area contributed by atoms with E-state index in [0.29, 0.717) is 24.7 Å². The molecule has 0 radical (unpaired) electrons. The third-order valence-electron chi connectivity index (χ3n) is 6.10. The van der Waals surface area contributed by atoms with Crippen LogP contribution in [-0.2, 0) is 26.0 Å². The summed E-state index contributed by atoms with van der Waals surface area (Å²) in [5.41, 5.74) is 2.62. The Labute approximate surface area is 194 Å². The van der Waals surface area contributed by atoms with Crippen LogP contribution in [0.25, 0.3) is 0 Å². The fourth-order valence-electron chi connectivity index (χ4n) is 4.59. The van der Waals surface area contributed by atoms with Crippen molar-refractivity contribution in [2.45, 2.75) is 37.2 Å². The summed E-state index contributed by atoms with van der Waals surface area (Å²) in [6.45, 7) is 6.37. The molecule has 2 aliphatic heterocycles. The number of ether oxygens (including phenoxy) is 1. The average molecular weight is 478 g/mol. The molecule has 1 saturated heterocycles. The van der Waals surface area contributed by atoms with E-state index in [4.69, 9.17) is 16.3 Å². The van der Waals surface area contributed by atoms with E-state index in [9.17, 15) is 13.2 Å². The Morgan fingerprint density at radius 1 is 1.22 bits per heavy atom. The Bertz CT molecular complexity index is 1100. The molecule has 0 bridgehead atoms. The van der Waals surface area contributed by atoms with E-state index in [1.165, 1.54) is 6.92 Å². The molecule has 2 aromatic rings. The molecule has 2 heterocycles. The maximum atomic E-state index is 13.2. The molecule has 9 heteroatoms. The Morgan fingerprint density at radius 3 is 2.66 bits per heavy atom. The average Bonchev–Trinajstić information content (AvgIpc) is 3.10. The number of morpholine rings is 1. The van der Waals surface area contributed by atoms with Crippen molar-refractivity contribution in [3.63, 3.8) is 0 Å². The van der Waals surface area contributed by atoms with Gasteiger partial charge in [-0.3, -0.25) is 9.69 Å². The van der Waals surface area contributed by atoms with Gasteiger partial charge in [-0.15, -0.1) is 0 Å². The standard InChI is InChI=1S/C23H28ClN3O4S/c1-16-12-19-14-21(6-7-22(19)27(16)17(2)28)32(29,30)25-15-23(26-8-10-31-11-9-26)18-4-3-5-20(24)13-18/h3-7,13-14,16,23,25H,8-12,15H2,1-2H3/t16-,23+/m0/s1. The lowest BCUT2D eigenvalue weighted by molar-refractivity contribution is -0.116. The zero-order valence-electron chi connectivity index (χ0n) is 18.3. The number of hydrogen-bond acceptors (Lipinski definition) is 5. The van der Waals surface area contributed by atoms with Crippen LogP contribution in [0.4, 0.5) is 5.69 Å². The molecular formula is C23H28ClN3O4S. The number of sulfonamides is 1. The summed E-state index contributed by atoms with van der Waals surface area (Å²) in [6, 6.07) is 12.4. The third kappa shape index (κ3) is 4.84. The number of halogens is 1. The second-order valence-corrected chi connectivity index (χ2v) is 10.5. The number of nitrogens with one attached hydrogen (secondary N) is 1. The maximum absolute atomic E-state index is 13.2.